The third kappa shape index (κ3) is 3.62. The number of aryl methyl sites for hydroxylation is 1. The van der Waals surface area contributed by atoms with Crippen LogP contribution < -0.4 is 4.74 Å². The standard InChI is InChI=1S/C23H26N2O2/c1-16-11-21-20(13-23(16)27-2)18(14-24-21)12-19-9-6-10-25(19)15-22(26)17-7-4-3-5-8-17/h3-5,7-8,11,13-14,19,24H,6,9-10,12,15H2,1-2H3/t19-/m1/s1. The SMILES string of the molecule is COc1cc2c(C[C@H]3CCCN3CC(=O)c3ccccc3)c[nH]c2cc1C. The molecule has 3 aromatic rings. The van der Waals surface area contributed by atoms with Crippen LogP contribution in [0, 0.1) is 6.92 Å². The van der Waals surface area contributed by atoms with Crippen LogP contribution in [-0.2, 0) is 6.42 Å². The molecule has 0 unspecified atom stereocenters. The summed E-state index contributed by atoms with van der Waals surface area (Å²) in [6.45, 7) is 3.56. The summed E-state index contributed by atoms with van der Waals surface area (Å²) in [6.07, 6.45) is 5.35. The van der Waals surface area contributed by atoms with E-state index in [4.69, 9.17) is 4.74 Å². The Morgan fingerprint density at radius 2 is 2.07 bits per heavy atom. The number of aromatic amines is 1. The number of carbonyl (C=O) groups excluding carboxylic acids is 1. The highest BCUT2D eigenvalue weighted by atomic mass is 16.5. The number of rotatable bonds is 6. The smallest absolute Gasteiger partial charge is 0.176 e. The molecule has 0 amide bonds. The van der Waals surface area contributed by atoms with Crippen molar-refractivity contribution in [1.29, 1.82) is 0 Å². The van der Waals surface area contributed by atoms with Crippen molar-refractivity contribution in [2.24, 2.45) is 0 Å². The first-order chi connectivity index (χ1) is 13.2. The summed E-state index contributed by atoms with van der Waals surface area (Å²) in [5, 5.41) is 1.22. The molecule has 0 radical (unpaired) electrons. The number of hydrogen-bond donors (Lipinski definition) is 1. The first kappa shape index (κ1) is 17.8. The van der Waals surface area contributed by atoms with Crippen LogP contribution in [0.5, 0.6) is 5.75 Å². The van der Waals surface area contributed by atoms with Crippen molar-refractivity contribution < 1.29 is 9.53 Å². The van der Waals surface area contributed by atoms with Crippen molar-refractivity contribution in [3.63, 3.8) is 0 Å². The Morgan fingerprint density at radius 1 is 1.26 bits per heavy atom. The van der Waals surface area contributed by atoms with Gasteiger partial charge in [0.25, 0.3) is 0 Å². The zero-order chi connectivity index (χ0) is 18.8. The van der Waals surface area contributed by atoms with Crippen molar-refractivity contribution in [3.05, 3.63) is 65.4 Å². The zero-order valence-electron chi connectivity index (χ0n) is 16.0. The fourth-order valence-electron chi connectivity index (χ4n) is 4.19. The van der Waals surface area contributed by atoms with E-state index < -0.39 is 0 Å². The van der Waals surface area contributed by atoms with Gasteiger partial charge in [-0.25, -0.2) is 0 Å². The van der Waals surface area contributed by atoms with Crippen LogP contribution in [0.1, 0.15) is 34.3 Å². The van der Waals surface area contributed by atoms with Crippen molar-refractivity contribution in [1.82, 2.24) is 9.88 Å². The lowest BCUT2D eigenvalue weighted by atomic mass is 10.0. The number of aromatic nitrogens is 1. The number of benzene rings is 2. The van der Waals surface area contributed by atoms with Crippen LogP contribution in [0.4, 0.5) is 0 Å². The Kier molecular flexibility index (Phi) is 4.99. The maximum absolute atomic E-state index is 12.6. The van der Waals surface area contributed by atoms with E-state index in [-0.39, 0.29) is 5.78 Å². The average molecular weight is 362 g/mol. The third-order valence-corrected chi connectivity index (χ3v) is 5.68. The molecular weight excluding hydrogens is 336 g/mol. The average Bonchev–Trinajstić information content (AvgIpc) is 3.29. The van der Waals surface area contributed by atoms with Gasteiger partial charge in [0.2, 0.25) is 0 Å². The second-order valence-corrected chi connectivity index (χ2v) is 7.44. The quantitative estimate of drug-likeness (QED) is 0.662. The van der Waals surface area contributed by atoms with Crippen LogP contribution in [-0.4, -0.2) is 41.9 Å². The molecule has 4 heteroatoms. The van der Waals surface area contributed by atoms with Gasteiger partial charge in [-0.2, -0.15) is 0 Å². The van der Waals surface area contributed by atoms with Gasteiger partial charge in [-0.1, -0.05) is 30.3 Å². The number of fused-ring (bicyclic) bond motifs is 1. The Balaban J connectivity index is 1.52. The molecule has 4 nitrogen and oxygen atoms in total. The Morgan fingerprint density at radius 3 is 2.85 bits per heavy atom. The zero-order valence-corrected chi connectivity index (χ0v) is 16.0. The van der Waals surface area contributed by atoms with Crippen molar-refractivity contribution in [3.8, 4) is 5.75 Å². The summed E-state index contributed by atoms with van der Waals surface area (Å²) in [5.74, 6) is 1.13. The lowest BCUT2D eigenvalue weighted by Gasteiger charge is -2.23. The predicted molar refractivity (Wildman–Crippen MR) is 109 cm³/mol. The summed E-state index contributed by atoms with van der Waals surface area (Å²) >= 11 is 0. The topological polar surface area (TPSA) is 45.3 Å². The largest absolute Gasteiger partial charge is 0.496 e. The van der Waals surface area contributed by atoms with E-state index in [1.54, 1.807) is 7.11 Å². The molecule has 0 saturated carbocycles. The second-order valence-electron chi connectivity index (χ2n) is 7.44. The first-order valence-corrected chi connectivity index (χ1v) is 9.62. The van der Waals surface area contributed by atoms with Gasteiger partial charge in [0.1, 0.15) is 5.75 Å². The maximum Gasteiger partial charge on any atom is 0.176 e. The minimum Gasteiger partial charge on any atom is -0.496 e. The molecule has 2 heterocycles. The van der Waals surface area contributed by atoms with E-state index in [0.29, 0.717) is 12.6 Å². The molecule has 0 spiro atoms. The highest BCUT2D eigenvalue weighted by molar-refractivity contribution is 5.97. The van der Waals surface area contributed by atoms with Gasteiger partial charge in [-0.3, -0.25) is 9.69 Å². The summed E-state index contributed by atoms with van der Waals surface area (Å²) in [7, 11) is 1.72. The van der Waals surface area contributed by atoms with Gasteiger partial charge >= 0.3 is 0 Å². The first-order valence-electron chi connectivity index (χ1n) is 9.62. The molecule has 1 aromatic heterocycles. The Labute approximate surface area is 160 Å². The van der Waals surface area contributed by atoms with Crippen molar-refractivity contribution in [2.45, 2.75) is 32.2 Å². The highest BCUT2D eigenvalue weighted by Crippen LogP contribution is 2.30. The van der Waals surface area contributed by atoms with E-state index >= 15 is 0 Å². The van der Waals surface area contributed by atoms with Crippen LogP contribution in [0.25, 0.3) is 10.9 Å². The summed E-state index contributed by atoms with van der Waals surface area (Å²) in [4.78, 5) is 18.4. The minimum absolute atomic E-state index is 0.207. The van der Waals surface area contributed by atoms with Gasteiger partial charge in [0.15, 0.2) is 5.78 Å². The molecule has 1 aliphatic heterocycles. The molecule has 1 atom stereocenters. The molecule has 1 saturated heterocycles. The van der Waals surface area contributed by atoms with Crippen LogP contribution >= 0.6 is 0 Å². The van der Waals surface area contributed by atoms with Crippen LogP contribution in [0.2, 0.25) is 0 Å². The number of ketones is 1. The number of Topliss-reactive ketones (excluding diaryl/α,β-unsaturated/α-hetero) is 1. The van der Waals surface area contributed by atoms with E-state index in [9.17, 15) is 4.79 Å². The molecule has 0 bridgehead atoms. The summed E-state index contributed by atoms with van der Waals surface area (Å²) in [5.41, 5.74) is 4.38. The highest BCUT2D eigenvalue weighted by Gasteiger charge is 2.27. The van der Waals surface area contributed by atoms with Gasteiger partial charge < -0.3 is 9.72 Å². The molecule has 4 rings (SSSR count). The van der Waals surface area contributed by atoms with Gasteiger partial charge in [-0.15, -0.1) is 0 Å². The fourth-order valence-corrected chi connectivity index (χ4v) is 4.19. The molecule has 140 valence electrons. The summed E-state index contributed by atoms with van der Waals surface area (Å²) in [6, 6.07) is 14.3. The van der Waals surface area contributed by atoms with Crippen molar-refractivity contribution in [2.75, 3.05) is 20.2 Å². The third-order valence-electron chi connectivity index (χ3n) is 5.68. The molecule has 1 N–H and O–H groups in total. The Bertz CT molecular complexity index is 946. The number of ether oxygens (including phenoxy) is 1. The van der Waals surface area contributed by atoms with E-state index in [0.717, 1.165) is 48.2 Å². The number of carbonyl (C=O) groups is 1. The molecule has 27 heavy (non-hydrogen) atoms. The van der Waals surface area contributed by atoms with Crippen molar-refractivity contribution >= 4 is 16.7 Å². The van der Waals surface area contributed by atoms with Gasteiger partial charge in [0.05, 0.1) is 13.7 Å². The number of H-pyrrole nitrogens is 1. The second kappa shape index (κ2) is 7.57. The summed E-state index contributed by atoms with van der Waals surface area (Å²) < 4.78 is 5.50. The van der Waals surface area contributed by atoms with Crippen LogP contribution in [0.3, 0.4) is 0 Å². The lowest BCUT2D eigenvalue weighted by Crippen LogP contribution is -2.35. The normalized spacial score (nSPS) is 17.5. The molecule has 1 aliphatic rings. The van der Waals surface area contributed by atoms with Gasteiger partial charge in [-0.05, 0) is 56.0 Å². The molecule has 1 fully saturated rings. The number of hydrogen-bond acceptors (Lipinski definition) is 3. The van der Waals surface area contributed by atoms with E-state index in [2.05, 4.69) is 35.1 Å². The fraction of sp³-hybridized carbons (Fsp3) is 0.348. The number of likely N-dealkylation sites (tertiary alicyclic amines) is 1. The predicted octanol–water partition coefficient (Wildman–Crippen LogP) is 4.37. The maximum atomic E-state index is 12.6. The van der Waals surface area contributed by atoms with Crippen LogP contribution in [0.15, 0.2) is 48.7 Å². The lowest BCUT2D eigenvalue weighted by molar-refractivity contribution is 0.0921. The Hall–Kier alpha value is -2.59. The number of methoxy groups -OCH3 is 1. The number of nitrogens with one attached hydrogen (secondary N) is 1. The van der Waals surface area contributed by atoms with Gasteiger partial charge in [0, 0.05) is 28.7 Å². The van der Waals surface area contributed by atoms with E-state index in [1.165, 1.54) is 10.9 Å². The molecule has 0 aliphatic carbocycles. The number of nitrogens with zero attached hydrogens (tertiary/aromatic N) is 1. The monoisotopic (exact) mass is 362 g/mol. The molecule has 2 aromatic carbocycles. The minimum atomic E-state index is 0.207. The van der Waals surface area contributed by atoms with E-state index in [1.807, 2.05) is 30.3 Å². The molecular formula is C23H26N2O2.